The van der Waals surface area contributed by atoms with Gasteiger partial charge >= 0.3 is 0 Å². The first-order valence-electron chi connectivity index (χ1n) is 4.54. The predicted molar refractivity (Wildman–Crippen MR) is 58.2 cm³/mol. The van der Waals surface area contributed by atoms with Gasteiger partial charge in [0.05, 0.1) is 0 Å². The molecule has 0 N–H and O–H groups in total. The summed E-state index contributed by atoms with van der Waals surface area (Å²) in [6, 6.07) is 9.84. The maximum absolute atomic E-state index is 11.4. The molecule has 0 aliphatic heterocycles. The molecule has 3 heteroatoms. The van der Waals surface area contributed by atoms with Gasteiger partial charge in [0.2, 0.25) is 5.91 Å². The number of carbonyl (C=O) groups excluding carboxylic acids is 1. The molecule has 1 rings (SSSR count). The number of rotatable bonds is 3. The van der Waals surface area contributed by atoms with Crippen molar-refractivity contribution in [3.05, 3.63) is 35.9 Å². The zero-order chi connectivity index (χ0) is 10.6. The van der Waals surface area contributed by atoms with E-state index < -0.39 is 5.38 Å². The monoisotopic (exact) mass is 211 g/mol. The van der Waals surface area contributed by atoms with Crippen molar-refractivity contribution in [2.24, 2.45) is 0 Å². The van der Waals surface area contributed by atoms with Crippen molar-refractivity contribution in [3.63, 3.8) is 0 Å². The molecule has 0 radical (unpaired) electrons. The van der Waals surface area contributed by atoms with E-state index in [-0.39, 0.29) is 5.91 Å². The van der Waals surface area contributed by atoms with E-state index in [0.717, 1.165) is 5.56 Å². The summed E-state index contributed by atoms with van der Waals surface area (Å²) < 4.78 is 0. The van der Waals surface area contributed by atoms with Crippen LogP contribution in [0.15, 0.2) is 30.3 Å². The molecule has 0 spiro atoms. The molecule has 76 valence electrons. The minimum Gasteiger partial charge on any atom is -0.340 e. The van der Waals surface area contributed by atoms with E-state index in [1.807, 2.05) is 30.3 Å². The Bertz CT molecular complexity index is 297. The summed E-state index contributed by atoms with van der Waals surface area (Å²) in [5.74, 6) is -0.0458. The maximum Gasteiger partial charge on any atom is 0.240 e. The molecular formula is C11H14ClNO. The maximum atomic E-state index is 11.4. The van der Waals surface area contributed by atoms with Gasteiger partial charge in [-0.3, -0.25) is 4.79 Å². The van der Waals surface area contributed by atoms with Gasteiger partial charge in [-0.2, -0.15) is 0 Å². The van der Waals surface area contributed by atoms with E-state index in [9.17, 15) is 4.79 Å². The topological polar surface area (TPSA) is 20.3 Å². The molecule has 0 heterocycles. The summed E-state index contributed by atoms with van der Waals surface area (Å²) in [5, 5.41) is -0.455. The van der Waals surface area contributed by atoms with Crippen LogP contribution in [0.25, 0.3) is 0 Å². The fraction of sp³-hybridized carbons (Fsp3) is 0.364. The van der Waals surface area contributed by atoms with Crippen LogP contribution in [-0.4, -0.2) is 23.2 Å². The number of amides is 1. The van der Waals surface area contributed by atoms with E-state index in [1.165, 1.54) is 0 Å². The summed E-state index contributed by atoms with van der Waals surface area (Å²) in [7, 11) is 1.76. The SMILES string of the molecule is C[C@H](Cl)C(=O)N(C)Cc1ccccc1. The zero-order valence-electron chi connectivity index (χ0n) is 8.40. The standard InChI is InChI=1S/C11H14ClNO/c1-9(12)11(14)13(2)8-10-6-4-3-5-7-10/h3-7,9H,8H2,1-2H3/t9-/m0/s1. The van der Waals surface area contributed by atoms with Gasteiger partial charge in [0.15, 0.2) is 0 Å². The smallest absolute Gasteiger partial charge is 0.240 e. The molecule has 0 aromatic heterocycles. The third-order valence-electron chi connectivity index (χ3n) is 1.98. The molecule has 2 nitrogen and oxygen atoms in total. The summed E-state index contributed by atoms with van der Waals surface area (Å²) in [5.41, 5.74) is 1.11. The van der Waals surface area contributed by atoms with Gasteiger partial charge in [0, 0.05) is 13.6 Å². The summed E-state index contributed by atoms with van der Waals surface area (Å²) in [6.45, 7) is 2.29. The number of alkyl halides is 1. The Morgan fingerprint density at radius 2 is 2.00 bits per heavy atom. The average molecular weight is 212 g/mol. The quantitative estimate of drug-likeness (QED) is 0.703. The second-order valence-corrected chi connectivity index (χ2v) is 3.95. The summed E-state index contributed by atoms with van der Waals surface area (Å²) >= 11 is 5.70. The lowest BCUT2D eigenvalue weighted by Crippen LogP contribution is -2.31. The average Bonchev–Trinajstić information content (AvgIpc) is 2.18. The van der Waals surface area contributed by atoms with Gasteiger partial charge in [-0.15, -0.1) is 11.6 Å². The second kappa shape index (κ2) is 5.01. The highest BCUT2D eigenvalue weighted by Crippen LogP contribution is 2.06. The van der Waals surface area contributed by atoms with Crippen LogP contribution >= 0.6 is 11.6 Å². The third kappa shape index (κ3) is 3.04. The van der Waals surface area contributed by atoms with E-state index in [1.54, 1.807) is 18.9 Å². The van der Waals surface area contributed by atoms with Crippen molar-refractivity contribution >= 4 is 17.5 Å². The summed E-state index contributed by atoms with van der Waals surface area (Å²) in [4.78, 5) is 13.1. The number of hydrogen-bond donors (Lipinski definition) is 0. The Morgan fingerprint density at radius 3 is 2.50 bits per heavy atom. The first-order valence-corrected chi connectivity index (χ1v) is 4.98. The highest BCUT2D eigenvalue weighted by molar-refractivity contribution is 6.30. The number of hydrogen-bond acceptors (Lipinski definition) is 1. The van der Waals surface area contributed by atoms with Gasteiger partial charge < -0.3 is 4.90 Å². The number of nitrogens with zero attached hydrogens (tertiary/aromatic N) is 1. The van der Waals surface area contributed by atoms with E-state index in [0.29, 0.717) is 6.54 Å². The first kappa shape index (κ1) is 11.1. The molecule has 14 heavy (non-hydrogen) atoms. The molecule has 1 atom stereocenters. The second-order valence-electron chi connectivity index (χ2n) is 3.30. The Labute approximate surface area is 89.5 Å². The fourth-order valence-corrected chi connectivity index (χ4v) is 1.41. The highest BCUT2D eigenvalue weighted by Gasteiger charge is 2.14. The minimum atomic E-state index is -0.455. The van der Waals surface area contributed by atoms with Crippen LogP contribution in [0.3, 0.4) is 0 Å². The van der Waals surface area contributed by atoms with Crippen LogP contribution in [0.1, 0.15) is 12.5 Å². The minimum absolute atomic E-state index is 0.0458. The molecule has 1 aromatic carbocycles. The molecule has 0 saturated heterocycles. The predicted octanol–water partition coefficient (Wildman–Crippen LogP) is 2.27. The molecule has 0 saturated carbocycles. The molecule has 0 bridgehead atoms. The molecule has 0 aliphatic carbocycles. The highest BCUT2D eigenvalue weighted by atomic mass is 35.5. The van der Waals surface area contributed by atoms with Gasteiger partial charge in [0.1, 0.15) is 5.38 Å². The van der Waals surface area contributed by atoms with Crippen molar-refractivity contribution in [2.75, 3.05) is 7.05 Å². The number of carbonyl (C=O) groups is 1. The first-order chi connectivity index (χ1) is 6.61. The molecule has 0 aliphatic rings. The summed E-state index contributed by atoms with van der Waals surface area (Å²) in [6.07, 6.45) is 0. The normalized spacial score (nSPS) is 12.2. The number of benzene rings is 1. The van der Waals surface area contributed by atoms with Crippen LogP contribution in [-0.2, 0) is 11.3 Å². The lowest BCUT2D eigenvalue weighted by atomic mass is 10.2. The van der Waals surface area contributed by atoms with Gasteiger partial charge in [-0.05, 0) is 12.5 Å². The van der Waals surface area contributed by atoms with Crippen molar-refractivity contribution in [2.45, 2.75) is 18.8 Å². The fourth-order valence-electron chi connectivity index (χ4n) is 1.24. The Kier molecular flexibility index (Phi) is 3.96. The Balaban J connectivity index is 2.57. The zero-order valence-corrected chi connectivity index (χ0v) is 9.16. The van der Waals surface area contributed by atoms with Gasteiger partial charge in [-0.1, -0.05) is 30.3 Å². The van der Waals surface area contributed by atoms with E-state index in [2.05, 4.69) is 0 Å². The molecular weight excluding hydrogens is 198 g/mol. The Hall–Kier alpha value is -1.02. The number of halogens is 1. The van der Waals surface area contributed by atoms with E-state index >= 15 is 0 Å². The van der Waals surface area contributed by atoms with Crippen molar-refractivity contribution < 1.29 is 4.79 Å². The van der Waals surface area contributed by atoms with Crippen molar-refractivity contribution in [3.8, 4) is 0 Å². The third-order valence-corrected chi connectivity index (χ3v) is 2.17. The molecule has 1 amide bonds. The van der Waals surface area contributed by atoms with Crippen LogP contribution in [0.4, 0.5) is 0 Å². The molecule has 1 aromatic rings. The van der Waals surface area contributed by atoms with Crippen LogP contribution in [0.5, 0.6) is 0 Å². The van der Waals surface area contributed by atoms with Gasteiger partial charge in [0.25, 0.3) is 0 Å². The van der Waals surface area contributed by atoms with Crippen LogP contribution < -0.4 is 0 Å². The van der Waals surface area contributed by atoms with Crippen molar-refractivity contribution in [1.82, 2.24) is 4.90 Å². The van der Waals surface area contributed by atoms with Crippen LogP contribution in [0.2, 0.25) is 0 Å². The lowest BCUT2D eigenvalue weighted by Gasteiger charge is -2.18. The van der Waals surface area contributed by atoms with Crippen LogP contribution in [0, 0.1) is 0 Å². The lowest BCUT2D eigenvalue weighted by molar-refractivity contribution is -0.129. The van der Waals surface area contributed by atoms with E-state index in [4.69, 9.17) is 11.6 Å². The molecule has 0 fully saturated rings. The largest absolute Gasteiger partial charge is 0.340 e. The molecule has 0 unspecified atom stereocenters. The van der Waals surface area contributed by atoms with Crippen molar-refractivity contribution in [1.29, 1.82) is 0 Å². The van der Waals surface area contributed by atoms with Gasteiger partial charge in [-0.25, -0.2) is 0 Å². The Morgan fingerprint density at radius 1 is 1.43 bits per heavy atom.